The largest absolute Gasteiger partial charge is 0.457 e. The van der Waals surface area contributed by atoms with Crippen LogP contribution in [0.25, 0.3) is 0 Å². The van der Waals surface area contributed by atoms with E-state index >= 15 is 0 Å². The second-order valence-corrected chi connectivity index (χ2v) is 8.57. The van der Waals surface area contributed by atoms with E-state index < -0.39 is 0 Å². The van der Waals surface area contributed by atoms with Crippen molar-refractivity contribution in [2.24, 2.45) is 22.7 Å². The van der Waals surface area contributed by atoms with Crippen molar-refractivity contribution in [2.75, 3.05) is 0 Å². The van der Waals surface area contributed by atoms with Crippen molar-refractivity contribution in [2.45, 2.75) is 72.3 Å². The number of carbonyl (C=O) groups is 1. The van der Waals surface area contributed by atoms with Crippen LogP contribution in [0.3, 0.4) is 0 Å². The number of ether oxygens (including phenoxy) is 1. The SMILES string of the molecule is C=CC1=C(C)[C@@H]2OC(=O)C[C@H]3C(C)(C)CCC[C@]3(C)[C@H]2CC1. The van der Waals surface area contributed by atoms with E-state index in [1.807, 2.05) is 6.08 Å². The average molecular weight is 302 g/mol. The molecule has 0 aromatic heterocycles. The summed E-state index contributed by atoms with van der Waals surface area (Å²) in [4.78, 5) is 12.5. The molecular formula is C20H30O2. The Labute approximate surface area is 135 Å². The molecule has 0 radical (unpaired) electrons. The van der Waals surface area contributed by atoms with Crippen LogP contribution in [0.1, 0.15) is 66.2 Å². The van der Waals surface area contributed by atoms with Crippen molar-refractivity contribution in [3.05, 3.63) is 23.8 Å². The Kier molecular flexibility index (Phi) is 3.78. The molecule has 1 saturated carbocycles. The van der Waals surface area contributed by atoms with E-state index in [0.717, 1.165) is 12.8 Å². The van der Waals surface area contributed by atoms with Gasteiger partial charge in [0.2, 0.25) is 0 Å². The molecule has 1 saturated heterocycles. The molecule has 1 aliphatic heterocycles. The van der Waals surface area contributed by atoms with E-state index in [-0.39, 0.29) is 22.9 Å². The van der Waals surface area contributed by atoms with Gasteiger partial charge >= 0.3 is 5.97 Å². The van der Waals surface area contributed by atoms with E-state index in [9.17, 15) is 4.79 Å². The Bertz CT molecular complexity index is 528. The monoisotopic (exact) mass is 302 g/mol. The second kappa shape index (κ2) is 5.25. The summed E-state index contributed by atoms with van der Waals surface area (Å²) < 4.78 is 5.97. The van der Waals surface area contributed by atoms with Crippen molar-refractivity contribution in [1.82, 2.24) is 0 Å². The predicted octanol–water partition coefficient (Wildman–Crippen LogP) is 5.05. The summed E-state index contributed by atoms with van der Waals surface area (Å²) in [5.41, 5.74) is 2.97. The molecule has 0 amide bonds. The summed E-state index contributed by atoms with van der Waals surface area (Å²) in [6, 6.07) is 0. The predicted molar refractivity (Wildman–Crippen MR) is 89.3 cm³/mol. The van der Waals surface area contributed by atoms with Crippen molar-refractivity contribution in [1.29, 1.82) is 0 Å². The highest BCUT2D eigenvalue weighted by Crippen LogP contribution is 2.60. The van der Waals surface area contributed by atoms with Crippen molar-refractivity contribution in [3.8, 4) is 0 Å². The third kappa shape index (κ3) is 2.26. The Hall–Kier alpha value is -1.05. The van der Waals surface area contributed by atoms with Gasteiger partial charge in [0.05, 0.1) is 0 Å². The summed E-state index contributed by atoms with van der Waals surface area (Å²) in [5.74, 6) is 0.907. The van der Waals surface area contributed by atoms with Crippen LogP contribution in [0.15, 0.2) is 23.8 Å². The molecule has 2 aliphatic carbocycles. The van der Waals surface area contributed by atoms with Crippen LogP contribution in [0.4, 0.5) is 0 Å². The third-order valence-corrected chi connectivity index (χ3v) is 7.02. The van der Waals surface area contributed by atoms with Gasteiger partial charge in [0.1, 0.15) is 6.10 Å². The summed E-state index contributed by atoms with van der Waals surface area (Å²) in [5, 5.41) is 0. The second-order valence-electron chi connectivity index (χ2n) is 8.57. The van der Waals surface area contributed by atoms with Gasteiger partial charge in [-0.25, -0.2) is 0 Å². The summed E-state index contributed by atoms with van der Waals surface area (Å²) in [6.07, 6.45) is 8.45. The van der Waals surface area contributed by atoms with E-state index in [4.69, 9.17) is 4.74 Å². The van der Waals surface area contributed by atoms with E-state index in [2.05, 4.69) is 34.3 Å². The lowest BCUT2D eigenvalue weighted by molar-refractivity contribution is -0.149. The molecule has 4 atom stereocenters. The zero-order valence-electron chi connectivity index (χ0n) is 14.6. The molecule has 0 spiro atoms. The van der Waals surface area contributed by atoms with Crippen LogP contribution < -0.4 is 0 Å². The fourth-order valence-corrected chi connectivity index (χ4v) is 5.73. The smallest absolute Gasteiger partial charge is 0.306 e. The average Bonchev–Trinajstić information content (AvgIpc) is 2.56. The molecule has 2 heteroatoms. The molecule has 0 unspecified atom stereocenters. The van der Waals surface area contributed by atoms with Gasteiger partial charge in [-0.3, -0.25) is 4.79 Å². The number of hydrogen-bond acceptors (Lipinski definition) is 2. The Morgan fingerprint density at radius 3 is 2.68 bits per heavy atom. The lowest BCUT2D eigenvalue weighted by atomic mass is 9.49. The topological polar surface area (TPSA) is 26.3 Å². The summed E-state index contributed by atoms with van der Waals surface area (Å²) in [7, 11) is 0. The van der Waals surface area contributed by atoms with Gasteiger partial charge in [-0.15, -0.1) is 0 Å². The van der Waals surface area contributed by atoms with E-state index in [0.29, 0.717) is 18.3 Å². The fraction of sp³-hybridized carbons (Fsp3) is 0.750. The van der Waals surface area contributed by atoms with Gasteiger partial charge in [-0.05, 0) is 60.5 Å². The van der Waals surface area contributed by atoms with Crippen molar-refractivity contribution < 1.29 is 9.53 Å². The highest BCUT2D eigenvalue weighted by atomic mass is 16.5. The molecule has 22 heavy (non-hydrogen) atoms. The van der Waals surface area contributed by atoms with Crippen molar-refractivity contribution in [3.63, 3.8) is 0 Å². The minimum Gasteiger partial charge on any atom is -0.457 e. The van der Waals surface area contributed by atoms with Crippen LogP contribution in [-0.4, -0.2) is 12.1 Å². The minimum absolute atomic E-state index is 0.00311. The first-order valence-corrected chi connectivity index (χ1v) is 8.81. The van der Waals surface area contributed by atoms with Crippen LogP contribution in [0, 0.1) is 22.7 Å². The lowest BCUT2D eigenvalue weighted by Crippen LogP contribution is -2.49. The number of fused-ring (bicyclic) bond motifs is 3. The van der Waals surface area contributed by atoms with Gasteiger partial charge in [-0.1, -0.05) is 39.8 Å². The molecule has 122 valence electrons. The first-order chi connectivity index (χ1) is 10.3. The van der Waals surface area contributed by atoms with Gasteiger partial charge in [-0.2, -0.15) is 0 Å². The van der Waals surface area contributed by atoms with E-state index in [1.165, 1.54) is 30.4 Å². The van der Waals surface area contributed by atoms with Crippen LogP contribution in [-0.2, 0) is 9.53 Å². The van der Waals surface area contributed by atoms with Crippen LogP contribution in [0.5, 0.6) is 0 Å². The maximum absolute atomic E-state index is 12.5. The van der Waals surface area contributed by atoms with Crippen molar-refractivity contribution >= 4 is 5.97 Å². The molecule has 1 heterocycles. The molecule has 0 N–H and O–H groups in total. The normalized spacial score (nSPS) is 41.1. The molecule has 0 bridgehead atoms. The molecule has 2 nitrogen and oxygen atoms in total. The highest BCUT2D eigenvalue weighted by Gasteiger charge is 2.56. The third-order valence-electron chi connectivity index (χ3n) is 7.02. The Balaban J connectivity index is 2.07. The maximum Gasteiger partial charge on any atom is 0.306 e. The molecular weight excluding hydrogens is 272 g/mol. The Morgan fingerprint density at radius 1 is 1.27 bits per heavy atom. The number of hydrogen-bond donors (Lipinski definition) is 0. The minimum atomic E-state index is -0.0295. The zero-order chi connectivity index (χ0) is 16.1. The number of rotatable bonds is 1. The van der Waals surface area contributed by atoms with Crippen LogP contribution >= 0.6 is 0 Å². The standard InChI is InChI=1S/C20H30O2/c1-6-14-8-9-15-18(13(14)2)22-17(21)12-16-19(3,4)10-7-11-20(15,16)5/h6,15-16,18H,1,7-12H2,2-5H3/t15-,16-,18-,20+/m0/s1. The maximum atomic E-state index is 12.5. The summed E-state index contributed by atoms with van der Waals surface area (Å²) >= 11 is 0. The molecule has 0 aromatic carbocycles. The number of allylic oxidation sites excluding steroid dienone is 2. The van der Waals surface area contributed by atoms with E-state index in [1.54, 1.807) is 0 Å². The first-order valence-electron chi connectivity index (χ1n) is 8.81. The number of esters is 1. The summed E-state index contributed by atoms with van der Waals surface area (Å²) in [6.45, 7) is 13.2. The van der Waals surface area contributed by atoms with Crippen LogP contribution in [0.2, 0.25) is 0 Å². The quantitative estimate of drug-likeness (QED) is 0.634. The Morgan fingerprint density at radius 2 is 2.00 bits per heavy atom. The molecule has 2 fully saturated rings. The van der Waals surface area contributed by atoms with Gasteiger partial charge in [0.15, 0.2) is 0 Å². The van der Waals surface area contributed by atoms with Gasteiger partial charge in [0.25, 0.3) is 0 Å². The first kappa shape index (κ1) is 15.8. The molecule has 0 aromatic rings. The lowest BCUT2D eigenvalue weighted by Gasteiger charge is -2.54. The molecule has 3 aliphatic rings. The number of carbonyl (C=O) groups excluding carboxylic acids is 1. The zero-order valence-corrected chi connectivity index (χ0v) is 14.6. The highest BCUT2D eigenvalue weighted by molar-refractivity contribution is 5.71. The van der Waals surface area contributed by atoms with Gasteiger partial charge < -0.3 is 4.74 Å². The molecule has 3 rings (SSSR count). The van der Waals surface area contributed by atoms with Gasteiger partial charge in [0, 0.05) is 12.3 Å². The fourth-order valence-electron chi connectivity index (χ4n) is 5.73.